The second-order valence-corrected chi connectivity index (χ2v) is 7.22. The van der Waals surface area contributed by atoms with Crippen molar-refractivity contribution in [1.82, 2.24) is 0 Å². The molecule has 0 bridgehead atoms. The van der Waals surface area contributed by atoms with Crippen molar-refractivity contribution in [1.29, 1.82) is 0 Å². The van der Waals surface area contributed by atoms with Crippen LogP contribution in [-0.4, -0.2) is 0 Å². The van der Waals surface area contributed by atoms with E-state index in [0.29, 0.717) is 11.5 Å². The van der Waals surface area contributed by atoms with Gasteiger partial charge in [0.25, 0.3) is 0 Å². The largest absolute Gasteiger partial charge is 0.204 e. The van der Waals surface area contributed by atoms with Crippen LogP contribution < -0.4 is 0 Å². The van der Waals surface area contributed by atoms with Gasteiger partial charge in [0.1, 0.15) is 0 Å². The first kappa shape index (κ1) is 17.1. The summed E-state index contributed by atoms with van der Waals surface area (Å²) in [6.45, 7) is 2.12. The summed E-state index contributed by atoms with van der Waals surface area (Å²) in [6.07, 6.45) is 3.93. The number of fused-ring (bicyclic) bond motifs is 3. The molecule has 0 radical (unpaired) electrons. The normalized spacial score (nSPS) is 19.5. The third kappa shape index (κ3) is 2.80. The predicted molar refractivity (Wildman–Crippen MR) is 98.8 cm³/mol. The molecule has 4 rings (SSSR count). The van der Waals surface area contributed by atoms with Crippen molar-refractivity contribution in [3.63, 3.8) is 0 Å². The van der Waals surface area contributed by atoms with E-state index >= 15 is 0 Å². The SMILES string of the molecule is CCC[C@@H]1CCc2c(ccc3ccccc23)[C@H]1c1cc(F)c(F)c(F)c1. The lowest BCUT2D eigenvalue weighted by Gasteiger charge is -2.35. The summed E-state index contributed by atoms with van der Waals surface area (Å²) in [7, 11) is 0. The van der Waals surface area contributed by atoms with Gasteiger partial charge < -0.3 is 0 Å². The van der Waals surface area contributed by atoms with E-state index in [9.17, 15) is 13.2 Å². The fourth-order valence-corrected chi connectivity index (χ4v) is 4.56. The molecule has 3 aromatic rings. The first-order valence-electron chi connectivity index (χ1n) is 9.25. The number of rotatable bonds is 3. The van der Waals surface area contributed by atoms with E-state index in [2.05, 4.69) is 31.2 Å². The lowest BCUT2D eigenvalue weighted by molar-refractivity contribution is 0.375. The summed E-state index contributed by atoms with van der Waals surface area (Å²) in [5.74, 6) is -3.41. The highest BCUT2D eigenvalue weighted by Gasteiger charge is 2.32. The van der Waals surface area contributed by atoms with Crippen molar-refractivity contribution >= 4 is 10.8 Å². The van der Waals surface area contributed by atoms with Crippen molar-refractivity contribution in [3.05, 3.63) is 82.7 Å². The van der Waals surface area contributed by atoms with Crippen LogP contribution in [0.1, 0.15) is 48.8 Å². The van der Waals surface area contributed by atoms with Gasteiger partial charge in [-0.1, -0.05) is 49.7 Å². The van der Waals surface area contributed by atoms with Crippen LogP contribution in [0.25, 0.3) is 10.8 Å². The zero-order valence-electron chi connectivity index (χ0n) is 14.7. The summed E-state index contributed by atoms with van der Waals surface area (Å²) in [5, 5.41) is 2.38. The Kier molecular flexibility index (Phi) is 4.47. The van der Waals surface area contributed by atoms with Gasteiger partial charge in [-0.2, -0.15) is 0 Å². The summed E-state index contributed by atoms with van der Waals surface area (Å²) < 4.78 is 41.3. The molecule has 2 atom stereocenters. The van der Waals surface area contributed by atoms with Gasteiger partial charge in [-0.05, 0) is 64.8 Å². The molecule has 0 saturated heterocycles. The molecule has 0 nitrogen and oxygen atoms in total. The van der Waals surface area contributed by atoms with Crippen LogP contribution in [0.3, 0.4) is 0 Å². The van der Waals surface area contributed by atoms with Crippen molar-refractivity contribution in [3.8, 4) is 0 Å². The molecule has 1 aliphatic carbocycles. The van der Waals surface area contributed by atoms with E-state index in [1.165, 1.54) is 28.5 Å². The Labute approximate surface area is 151 Å². The minimum absolute atomic E-state index is 0.104. The summed E-state index contributed by atoms with van der Waals surface area (Å²) >= 11 is 0. The number of halogens is 3. The Bertz CT molecular complexity index is 938. The summed E-state index contributed by atoms with van der Waals surface area (Å²) in [6, 6.07) is 14.7. The van der Waals surface area contributed by atoms with Gasteiger partial charge >= 0.3 is 0 Å². The minimum Gasteiger partial charge on any atom is -0.204 e. The van der Waals surface area contributed by atoms with Crippen LogP contribution in [0.2, 0.25) is 0 Å². The van der Waals surface area contributed by atoms with Gasteiger partial charge in [-0.25, -0.2) is 13.2 Å². The highest BCUT2D eigenvalue weighted by molar-refractivity contribution is 5.87. The summed E-state index contributed by atoms with van der Waals surface area (Å²) in [5.41, 5.74) is 2.92. The van der Waals surface area contributed by atoms with Crippen LogP contribution in [-0.2, 0) is 6.42 Å². The van der Waals surface area contributed by atoms with E-state index in [0.717, 1.165) is 31.2 Å². The fraction of sp³-hybridized carbons (Fsp3) is 0.304. The van der Waals surface area contributed by atoms with Crippen molar-refractivity contribution < 1.29 is 13.2 Å². The van der Waals surface area contributed by atoms with Crippen LogP contribution in [0.4, 0.5) is 13.2 Å². The zero-order chi connectivity index (χ0) is 18.3. The topological polar surface area (TPSA) is 0 Å². The molecule has 134 valence electrons. The molecule has 0 saturated carbocycles. The molecule has 3 aromatic carbocycles. The maximum absolute atomic E-state index is 13.9. The average molecular weight is 354 g/mol. The highest BCUT2D eigenvalue weighted by atomic mass is 19.2. The maximum Gasteiger partial charge on any atom is 0.194 e. The Morgan fingerprint density at radius 3 is 2.42 bits per heavy atom. The number of aryl methyl sites for hydroxylation is 1. The molecule has 0 heterocycles. The molecule has 0 spiro atoms. The standard InChI is InChI=1S/C23H21F3/c1-2-5-15-9-10-18-17-7-4-3-6-14(17)8-11-19(18)22(15)16-12-20(24)23(26)21(25)13-16/h3-4,6-8,11-13,15,22H,2,5,9-10H2,1H3/t15-,22-/m1/s1. The summed E-state index contributed by atoms with van der Waals surface area (Å²) in [4.78, 5) is 0. The van der Waals surface area contributed by atoms with Gasteiger partial charge in [0.2, 0.25) is 0 Å². The van der Waals surface area contributed by atoms with Crippen molar-refractivity contribution in [2.45, 2.75) is 38.5 Å². The molecule has 3 heteroatoms. The fourth-order valence-electron chi connectivity index (χ4n) is 4.56. The van der Waals surface area contributed by atoms with Crippen LogP contribution in [0.15, 0.2) is 48.5 Å². The lowest BCUT2D eigenvalue weighted by Crippen LogP contribution is -2.22. The van der Waals surface area contributed by atoms with Gasteiger partial charge in [0, 0.05) is 5.92 Å². The third-order valence-corrected chi connectivity index (χ3v) is 5.67. The third-order valence-electron chi connectivity index (χ3n) is 5.67. The van der Waals surface area contributed by atoms with Gasteiger partial charge in [0.05, 0.1) is 0 Å². The monoisotopic (exact) mass is 354 g/mol. The Hall–Kier alpha value is -2.29. The molecular weight excluding hydrogens is 333 g/mol. The molecule has 0 amide bonds. The Balaban J connectivity index is 1.92. The molecule has 0 fully saturated rings. The van der Waals surface area contributed by atoms with E-state index in [1.54, 1.807) is 0 Å². The second kappa shape index (κ2) is 6.79. The van der Waals surface area contributed by atoms with Crippen LogP contribution in [0.5, 0.6) is 0 Å². The number of hydrogen-bond donors (Lipinski definition) is 0. The lowest BCUT2D eigenvalue weighted by atomic mass is 9.69. The van der Waals surface area contributed by atoms with E-state index in [4.69, 9.17) is 0 Å². The van der Waals surface area contributed by atoms with Crippen molar-refractivity contribution in [2.24, 2.45) is 5.92 Å². The predicted octanol–water partition coefficient (Wildman–Crippen LogP) is 6.75. The minimum atomic E-state index is -1.39. The Morgan fingerprint density at radius 2 is 1.69 bits per heavy atom. The van der Waals surface area contributed by atoms with Crippen molar-refractivity contribution in [2.75, 3.05) is 0 Å². The molecule has 0 unspecified atom stereocenters. The van der Waals surface area contributed by atoms with E-state index in [-0.39, 0.29) is 5.92 Å². The smallest absolute Gasteiger partial charge is 0.194 e. The van der Waals surface area contributed by atoms with E-state index < -0.39 is 17.5 Å². The molecule has 0 N–H and O–H groups in total. The van der Waals surface area contributed by atoms with Gasteiger partial charge in [-0.15, -0.1) is 0 Å². The maximum atomic E-state index is 13.9. The first-order valence-corrected chi connectivity index (χ1v) is 9.25. The molecule has 0 aromatic heterocycles. The zero-order valence-corrected chi connectivity index (χ0v) is 14.7. The average Bonchev–Trinajstić information content (AvgIpc) is 2.65. The second-order valence-electron chi connectivity index (χ2n) is 7.22. The number of hydrogen-bond acceptors (Lipinski definition) is 0. The molecule has 0 aliphatic heterocycles. The Morgan fingerprint density at radius 1 is 0.962 bits per heavy atom. The molecular formula is C23H21F3. The van der Waals surface area contributed by atoms with E-state index in [1.807, 2.05) is 12.1 Å². The van der Waals surface area contributed by atoms with Gasteiger partial charge in [-0.3, -0.25) is 0 Å². The van der Waals surface area contributed by atoms with Crippen LogP contribution >= 0.6 is 0 Å². The molecule has 26 heavy (non-hydrogen) atoms. The quantitative estimate of drug-likeness (QED) is 0.456. The first-order chi connectivity index (χ1) is 12.6. The van der Waals surface area contributed by atoms with Crippen LogP contribution in [0, 0.1) is 23.4 Å². The molecule has 1 aliphatic rings. The van der Waals surface area contributed by atoms with Gasteiger partial charge in [0.15, 0.2) is 17.5 Å². The number of benzene rings is 3. The highest BCUT2D eigenvalue weighted by Crippen LogP contribution is 2.45.